The number of hydrogen-bond donors (Lipinski definition) is 2. The van der Waals surface area contributed by atoms with Crippen molar-refractivity contribution in [1.29, 1.82) is 0 Å². The zero-order valence-corrected chi connectivity index (χ0v) is 13.9. The Labute approximate surface area is 143 Å². The minimum absolute atomic E-state index is 0.0544. The third-order valence-electron chi connectivity index (χ3n) is 3.59. The maximum atomic E-state index is 12.7. The van der Waals surface area contributed by atoms with Crippen molar-refractivity contribution in [1.82, 2.24) is 4.98 Å². The number of hydrogen-bond acceptors (Lipinski definition) is 5. The number of fused-ring (bicyclic) bond motifs is 1. The Balaban J connectivity index is 2.03. The van der Waals surface area contributed by atoms with Crippen LogP contribution in [0.3, 0.4) is 0 Å². The molecule has 0 aliphatic carbocycles. The van der Waals surface area contributed by atoms with E-state index in [-0.39, 0.29) is 16.1 Å². The molecular formula is C17H14N2O5S. The minimum atomic E-state index is -3.89. The maximum absolute atomic E-state index is 12.7. The molecule has 1 aromatic heterocycles. The maximum Gasteiger partial charge on any atom is 0.335 e. The quantitative estimate of drug-likeness (QED) is 0.726. The van der Waals surface area contributed by atoms with Gasteiger partial charge in [0, 0.05) is 17.3 Å². The molecule has 0 saturated carbocycles. The number of nitrogens with one attached hydrogen (secondary N) is 1. The standard InChI is InChI=1S/C17H14N2O5S/c1-24-14-4-2-3-13-15(9-10-18-16(13)14)25(22,23)19-12-7-5-11(6-8-12)17(20)21/h2-10,19H,1H3,(H,20,21). The molecule has 0 aliphatic heterocycles. The number of carboxylic acid groups (broad SMARTS) is 1. The van der Waals surface area contributed by atoms with Crippen LogP contribution in [0.1, 0.15) is 10.4 Å². The molecule has 3 rings (SSSR count). The Bertz CT molecular complexity index is 1050. The van der Waals surface area contributed by atoms with Crippen LogP contribution in [0.2, 0.25) is 0 Å². The third kappa shape index (κ3) is 3.24. The van der Waals surface area contributed by atoms with Crippen LogP contribution in [0.15, 0.2) is 59.6 Å². The Morgan fingerprint density at radius 3 is 2.48 bits per heavy atom. The smallest absolute Gasteiger partial charge is 0.335 e. The molecule has 0 bridgehead atoms. The second-order valence-electron chi connectivity index (χ2n) is 5.15. The summed E-state index contributed by atoms with van der Waals surface area (Å²) in [5.74, 6) is -0.609. The molecule has 1 heterocycles. The average molecular weight is 358 g/mol. The molecule has 0 spiro atoms. The third-order valence-corrected chi connectivity index (χ3v) is 5.03. The first-order chi connectivity index (χ1) is 11.9. The van der Waals surface area contributed by atoms with Gasteiger partial charge in [0.05, 0.1) is 17.6 Å². The van der Waals surface area contributed by atoms with Gasteiger partial charge in [0.25, 0.3) is 10.0 Å². The van der Waals surface area contributed by atoms with Crippen LogP contribution in [-0.4, -0.2) is 31.6 Å². The molecule has 0 fully saturated rings. The first-order valence-corrected chi connectivity index (χ1v) is 8.68. The van der Waals surface area contributed by atoms with Crippen molar-refractivity contribution in [3.63, 3.8) is 0 Å². The normalized spacial score (nSPS) is 11.2. The molecule has 0 amide bonds. The van der Waals surface area contributed by atoms with Crippen LogP contribution in [-0.2, 0) is 10.0 Å². The van der Waals surface area contributed by atoms with E-state index in [4.69, 9.17) is 9.84 Å². The summed E-state index contributed by atoms with van der Waals surface area (Å²) >= 11 is 0. The fraction of sp³-hybridized carbons (Fsp3) is 0.0588. The monoisotopic (exact) mass is 358 g/mol. The summed E-state index contributed by atoms with van der Waals surface area (Å²) in [6.07, 6.45) is 1.40. The minimum Gasteiger partial charge on any atom is -0.494 e. The molecule has 7 nitrogen and oxygen atoms in total. The molecule has 3 aromatic rings. The van der Waals surface area contributed by atoms with Gasteiger partial charge in [-0.2, -0.15) is 0 Å². The van der Waals surface area contributed by atoms with Crippen molar-refractivity contribution in [2.45, 2.75) is 4.90 Å². The van der Waals surface area contributed by atoms with Crippen molar-refractivity contribution >= 4 is 32.6 Å². The van der Waals surface area contributed by atoms with Crippen LogP contribution in [0.4, 0.5) is 5.69 Å². The van der Waals surface area contributed by atoms with E-state index < -0.39 is 16.0 Å². The lowest BCUT2D eigenvalue weighted by atomic mass is 10.2. The molecular weight excluding hydrogens is 344 g/mol. The largest absolute Gasteiger partial charge is 0.494 e. The number of carbonyl (C=O) groups is 1. The highest BCUT2D eigenvalue weighted by Crippen LogP contribution is 2.29. The molecule has 2 N–H and O–H groups in total. The first kappa shape index (κ1) is 16.7. The Morgan fingerprint density at radius 1 is 1.12 bits per heavy atom. The number of aromatic nitrogens is 1. The summed E-state index contributed by atoms with van der Waals surface area (Å²) in [6.45, 7) is 0. The SMILES string of the molecule is COc1cccc2c(S(=O)(=O)Nc3ccc(C(=O)O)cc3)ccnc12. The van der Waals surface area contributed by atoms with Gasteiger partial charge in [0.2, 0.25) is 0 Å². The summed E-state index contributed by atoms with van der Waals surface area (Å²) in [4.78, 5) is 15.1. The lowest BCUT2D eigenvalue weighted by Crippen LogP contribution is -2.13. The fourth-order valence-electron chi connectivity index (χ4n) is 2.41. The van der Waals surface area contributed by atoms with Crippen molar-refractivity contribution in [3.8, 4) is 5.75 Å². The van der Waals surface area contributed by atoms with Gasteiger partial charge in [0.15, 0.2) is 0 Å². The van der Waals surface area contributed by atoms with Crippen molar-refractivity contribution in [2.24, 2.45) is 0 Å². The number of pyridine rings is 1. The van der Waals surface area contributed by atoms with E-state index in [2.05, 4.69) is 9.71 Å². The van der Waals surface area contributed by atoms with Crippen LogP contribution in [0.5, 0.6) is 5.75 Å². The number of ether oxygens (including phenoxy) is 1. The van der Waals surface area contributed by atoms with E-state index in [1.54, 1.807) is 18.2 Å². The number of sulfonamides is 1. The van der Waals surface area contributed by atoms with Gasteiger partial charge < -0.3 is 9.84 Å². The topological polar surface area (TPSA) is 106 Å². The number of methoxy groups -OCH3 is 1. The second-order valence-corrected chi connectivity index (χ2v) is 6.80. The molecule has 0 radical (unpaired) electrons. The molecule has 0 aliphatic rings. The lowest BCUT2D eigenvalue weighted by Gasteiger charge is -2.11. The fourth-order valence-corrected chi connectivity index (χ4v) is 3.66. The van der Waals surface area contributed by atoms with Crippen molar-refractivity contribution < 1.29 is 23.1 Å². The summed E-state index contributed by atoms with van der Waals surface area (Å²) in [6, 6.07) is 11.9. The van der Waals surface area contributed by atoms with Gasteiger partial charge in [-0.25, -0.2) is 13.2 Å². The summed E-state index contributed by atoms with van der Waals surface area (Å²) in [7, 11) is -2.40. The zero-order chi connectivity index (χ0) is 18.0. The van der Waals surface area contributed by atoms with Crippen LogP contribution in [0.25, 0.3) is 10.9 Å². The van der Waals surface area contributed by atoms with Crippen LogP contribution < -0.4 is 9.46 Å². The van der Waals surface area contributed by atoms with Crippen LogP contribution in [0, 0.1) is 0 Å². The van der Waals surface area contributed by atoms with Crippen molar-refractivity contribution in [2.75, 3.05) is 11.8 Å². The molecule has 2 aromatic carbocycles. The highest BCUT2D eigenvalue weighted by molar-refractivity contribution is 7.93. The Kier molecular flexibility index (Phi) is 4.28. The van der Waals surface area contributed by atoms with E-state index in [9.17, 15) is 13.2 Å². The van der Waals surface area contributed by atoms with E-state index >= 15 is 0 Å². The Morgan fingerprint density at radius 2 is 1.84 bits per heavy atom. The molecule has 0 atom stereocenters. The molecule has 0 saturated heterocycles. The number of anilines is 1. The van der Waals surface area contributed by atoms with E-state index in [0.29, 0.717) is 16.7 Å². The number of benzene rings is 2. The van der Waals surface area contributed by atoms with Gasteiger partial charge in [0.1, 0.15) is 11.3 Å². The van der Waals surface area contributed by atoms with Gasteiger partial charge in [-0.1, -0.05) is 12.1 Å². The lowest BCUT2D eigenvalue weighted by molar-refractivity contribution is 0.0697. The van der Waals surface area contributed by atoms with E-state index in [0.717, 1.165) is 0 Å². The highest BCUT2D eigenvalue weighted by atomic mass is 32.2. The zero-order valence-electron chi connectivity index (χ0n) is 13.1. The first-order valence-electron chi connectivity index (χ1n) is 7.20. The summed E-state index contributed by atoms with van der Waals surface area (Å²) in [5.41, 5.74) is 0.772. The van der Waals surface area contributed by atoms with E-state index in [1.165, 1.54) is 43.6 Å². The number of carboxylic acids is 1. The molecule has 8 heteroatoms. The van der Waals surface area contributed by atoms with Gasteiger partial charge in [-0.15, -0.1) is 0 Å². The van der Waals surface area contributed by atoms with Gasteiger partial charge in [-0.05, 0) is 36.4 Å². The van der Waals surface area contributed by atoms with Crippen molar-refractivity contribution in [3.05, 3.63) is 60.3 Å². The number of rotatable bonds is 5. The Hall–Kier alpha value is -3.13. The highest BCUT2D eigenvalue weighted by Gasteiger charge is 2.19. The van der Waals surface area contributed by atoms with Gasteiger partial charge in [-0.3, -0.25) is 9.71 Å². The number of para-hydroxylation sites is 1. The predicted molar refractivity (Wildman–Crippen MR) is 92.5 cm³/mol. The molecule has 128 valence electrons. The van der Waals surface area contributed by atoms with E-state index in [1.807, 2.05) is 0 Å². The van der Waals surface area contributed by atoms with Gasteiger partial charge >= 0.3 is 5.97 Å². The molecule has 0 unspecified atom stereocenters. The predicted octanol–water partition coefficient (Wildman–Crippen LogP) is 2.74. The summed E-state index contributed by atoms with van der Waals surface area (Å²) < 4.78 is 33.1. The average Bonchev–Trinajstić information content (AvgIpc) is 2.60. The number of nitrogens with zero attached hydrogens (tertiary/aromatic N) is 1. The summed E-state index contributed by atoms with van der Waals surface area (Å²) in [5, 5.41) is 9.32. The molecule has 25 heavy (non-hydrogen) atoms. The van der Waals surface area contributed by atoms with Crippen LogP contribution >= 0.6 is 0 Å². The number of aromatic carboxylic acids is 1. The second kappa shape index (κ2) is 6.40.